The smallest absolute Gasteiger partial charge is 0.254 e. The summed E-state index contributed by atoms with van der Waals surface area (Å²) in [5, 5.41) is 12.9. The molecule has 1 fully saturated rings. The van der Waals surface area contributed by atoms with Gasteiger partial charge in [0, 0.05) is 24.7 Å². The van der Waals surface area contributed by atoms with E-state index in [9.17, 15) is 9.90 Å². The summed E-state index contributed by atoms with van der Waals surface area (Å²) in [6.07, 6.45) is 3.59. The largest absolute Gasteiger partial charge is 0.508 e. The van der Waals surface area contributed by atoms with Crippen LogP contribution in [0.2, 0.25) is 0 Å². The molecule has 0 radical (unpaired) electrons. The SMILES string of the molecule is CCN(CC1CCCCN1)C(=O)c1cccc(O)c1. The van der Waals surface area contributed by atoms with Gasteiger partial charge < -0.3 is 15.3 Å². The molecule has 0 saturated carbocycles. The number of nitrogens with zero attached hydrogens (tertiary/aromatic N) is 1. The van der Waals surface area contributed by atoms with Gasteiger partial charge in [-0.15, -0.1) is 0 Å². The summed E-state index contributed by atoms with van der Waals surface area (Å²) in [5.74, 6) is 0.128. The van der Waals surface area contributed by atoms with Crippen LogP contribution in [-0.2, 0) is 0 Å². The Morgan fingerprint density at radius 1 is 1.47 bits per heavy atom. The summed E-state index contributed by atoms with van der Waals surface area (Å²) in [6.45, 7) is 4.46. The molecule has 1 unspecified atom stereocenters. The molecule has 1 aliphatic rings. The molecule has 4 heteroatoms. The molecule has 1 atom stereocenters. The van der Waals surface area contributed by atoms with Crippen molar-refractivity contribution >= 4 is 5.91 Å². The number of carbonyl (C=O) groups is 1. The summed E-state index contributed by atoms with van der Waals surface area (Å²) in [6, 6.07) is 6.96. The zero-order valence-corrected chi connectivity index (χ0v) is 11.4. The Labute approximate surface area is 114 Å². The van der Waals surface area contributed by atoms with E-state index < -0.39 is 0 Å². The van der Waals surface area contributed by atoms with Gasteiger partial charge in [0.25, 0.3) is 5.91 Å². The molecule has 1 saturated heterocycles. The lowest BCUT2D eigenvalue weighted by Gasteiger charge is -2.30. The number of hydrogen-bond donors (Lipinski definition) is 2. The molecule has 1 heterocycles. The lowest BCUT2D eigenvalue weighted by molar-refractivity contribution is 0.0741. The van der Waals surface area contributed by atoms with E-state index in [2.05, 4.69) is 5.32 Å². The van der Waals surface area contributed by atoms with E-state index in [4.69, 9.17) is 0 Å². The van der Waals surface area contributed by atoms with E-state index in [0.717, 1.165) is 19.5 Å². The molecule has 4 nitrogen and oxygen atoms in total. The number of piperidine rings is 1. The minimum absolute atomic E-state index is 0.00854. The molecule has 1 aromatic carbocycles. The third kappa shape index (κ3) is 3.70. The number of hydrogen-bond acceptors (Lipinski definition) is 3. The highest BCUT2D eigenvalue weighted by molar-refractivity contribution is 5.94. The number of nitrogens with one attached hydrogen (secondary N) is 1. The second-order valence-electron chi connectivity index (χ2n) is 5.04. The third-order valence-electron chi connectivity index (χ3n) is 3.62. The fraction of sp³-hybridized carbons (Fsp3) is 0.533. The molecule has 104 valence electrons. The second kappa shape index (κ2) is 6.57. The van der Waals surface area contributed by atoms with Crippen molar-refractivity contribution < 1.29 is 9.90 Å². The first-order chi connectivity index (χ1) is 9.20. The number of rotatable bonds is 4. The summed E-state index contributed by atoms with van der Waals surface area (Å²) >= 11 is 0. The molecule has 0 aromatic heterocycles. The van der Waals surface area contributed by atoms with Crippen molar-refractivity contribution in [1.82, 2.24) is 10.2 Å². The first-order valence-corrected chi connectivity index (χ1v) is 7.02. The van der Waals surface area contributed by atoms with Crippen LogP contribution in [0.1, 0.15) is 36.5 Å². The van der Waals surface area contributed by atoms with E-state index in [-0.39, 0.29) is 11.7 Å². The van der Waals surface area contributed by atoms with Gasteiger partial charge in [0.2, 0.25) is 0 Å². The van der Waals surface area contributed by atoms with Crippen LogP contribution >= 0.6 is 0 Å². The van der Waals surface area contributed by atoms with E-state index >= 15 is 0 Å². The Morgan fingerprint density at radius 3 is 2.95 bits per heavy atom. The molecular weight excluding hydrogens is 240 g/mol. The average molecular weight is 262 g/mol. The highest BCUT2D eigenvalue weighted by Gasteiger charge is 2.20. The van der Waals surface area contributed by atoms with Crippen LogP contribution in [0.4, 0.5) is 0 Å². The predicted molar refractivity (Wildman–Crippen MR) is 75.3 cm³/mol. The normalized spacial score (nSPS) is 19.1. The zero-order valence-electron chi connectivity index (χ0n) is 11.4. The quantitative estimate of drug-likeness (QED) is 0.872. The highest BCUT2D eigenvalue weighted by atomic mass is 16.3. The summed E-state index contributed by atoms with van der Waals surface area (Å²) in [5.41, 5.74) is 0.553. The van der Waals surface area contributed by atoms with Crippen LogP contribution in [0.5, 0.6) is 5.75 Å². The van der Waals surface area contributed by atoms with Crippen molar-refractivity contribution in [1.29, 1.82) is 0 Å². The maximum absolute atomic E-state index is 12.4. The van der Waals surface area contributed by atoms with Crippen LogP contribution in [0, 0.1) is 0 Å². The first kappa shape index (κ1) is 13.9. The molecule has 0 spiro atoms. The van der Waals surface area contributed by atoms with Gasteiger partial charge in [-0.2, -0.15) is 0 Å². The van der Waals surface area contributed by atoms with Gasteiger partial charge >= 0.3 is 0 Å². The Bertz CT molecular complexity index is 428. The van der Waals surface area contributed by atoms with Crippen LogP contribution in [0.3, 0.4) is 0 Å². The summed E-state index contributed by atoms with van der Waals surface area (Å²) in [4.78, 5) is 14.2. The standard InChI is InChI=1S/C15H22N2O2/c1-2-17(11-13-7-3-4-9-16-13)15(19)12-6-5-8-14(18)10-12/h5-6,8,10,13,16,18H,2-4,7,9,11H2,1H3. The van der Waals surface area contributed by atoms with Gasteiger partial charge in [-0.05, 0) is 44.5 Å². The van der Waals surface area contributed by atoms with Gasteiger partial charge in [0.15, 0.2) is 0 Å². The number of phenolic OH excluding ortho intramolecular Hbond substituents is 1. The lowest BCUT2D eigenvalue weighted by Crippen LogP contribution is -2.45. The van der Waals surface area contributed by atoms with E-state index in [1.165, 1.54) is 18.9 Å². The monoisotopic (exact) mass is 262 g/mol. The molecular formula is C15H22N2O2. The first-order valence-electron chi connectivity index (χ1n) is 7.02. The number of amides is 1. The van der Waals surface area contributed by atoms with Crippen LogP contribution in [0.15, 0.2) is 24.3 Å². The predicted octanol–water partition coefficient (Wildman–Crippen LogP) is 2.00. The van der Waals surface area contributed by atoms with Gasteiger partial charge in [0.1, 0.15) is 5.75 Å². The number of likely N-dealkylation sites (N-methyl/N-ethyl adjacent to an activating group) is 1. The second-order valence-corrected chi connectivity index (χ2v) is 5.04. The minimum Gasteiger partial charge on any atom is -0.508 e. The molecule has 19 heavy (non-hydrogen) atoms. The van der Waals surface area contributed by atoms with Gasteiger partial charge in [0.05, 0.1) is 0 Å². The summed E-state index contributed by atoms with van der Waals surface area (Å²) < 4.78 is 0. The van der Waals surface area contributed by atoms with Crippen molar-refractivity contribution in [2.75, 3.05) is 19.6 Å². The Hall–Kier alpha value is -1.55. The van der Waals surface area contributed by atoms with E-state index in [0.29, 0.717) is 18.2 Å². The molecule has 2 rings (SSSR count). The molecule has 0 bridgehead atoms. The molecule has 2 N–H and O–H groups in total. The summed E-state index contributed by atoms with van der Waals surface area (Å²) in [7, 11) is 0. The van der Waals surface area contributed by atoms with Crippen LogP contribution in [0.25, 0.3) is 0 Å². The molecule has 0 aliphatic carbocycles. The maximum Gasteiger partial charge on any atom is 0.254 e. The Balaban J connectivity index is 2.02. The third-order valence-corrected chi connectivity index (χ3v) is 3.62. The number of carbonyl (C=O) groups excluding carboxylic acids is 1. The fourth-order valence-electron chi connectivity index (χ4n) is 2.52. The van der Waals surface area contributed by atoms with Gasteiger partial charge in [-0.1, -0.05) is 12.5 Å². The Kier molecular flexibility index (Phi) is 4.80. The number of phenols is 1. The van der Waals surface area contributed by atoms with Crippen molar-refractivity contribution in [2.24, 2.45) is 0 Å². The maximum atomic E-state index is 12.4. The topological polar surface area (TPSA) is 52.6 Å². The van der Waals surface area contributed by atoms with Crippen LogP contribution in [-0.4, -0.2) is 41.6 Å². The zero-order chi connectivity index (χ0) is 13.7. The van der Waals surface area contributed by atoms with Crippen molar-refractivity contribution in [3.63, 3.8) is 0 Å². The fourth-order valence-corrected chi connectivity index (χ4v) is 2.52. The minimum atomic E-state index is -0.00854. The molecule has 1 aromatic rings. The number of benzene rings is 1. The van der Waals surface area contributed by atoms with Crippen LogP contribution < -0.4 is 5.32 Å². The van der Waals surface area contributed by atoms with E-state index in [1.54, 1.807) is 18.2 Å². The van der Waals surface area contributed by atoms with Gasteiger partial charge in [-0.3, -0.25) is 4.79 Å². The number of aromatic hydroxyl groups is 1. The Morgan fingerprint density at radius 2 is 2.32 bits per heavy atom. The van der Waals surface area contributed by atoms with Crippen molar-refractivity contribution in [3.8, 4) is 5.75 Å². The van der Waals surface area contributed by atoms with Crippen molar-refractivity contribution in [3.05, 3.63) is 29.8 Å². The van der Waals surface area contributed by atoms with Gasteiger partial charge in [-0.25, -0.2) is 0 Å². The van der Waals surface area contributed by atoms with E-state index in [1.807, 2.05) is 11.8 Å². The highest BCUT2D eigenvalue weighted by Crippen LogP contribution is 2.15. The molecule has 1 amide bonds. The lowest BCUT2D eigenvalue weighted by atomic mass is 10.0. The van der Waals surface area contributed by atoms with Crippen molar-refractivity contribution in [2.45, 2.75) is 32.2 Å². The average Bonchev–Trinajstić information content (AvgIpc) is 2.45. The molecule has 1 aliphatic heterocycles.